The molecule has 0 saturated carbocycles. The highest BCUT2D eigenvalue weighted by Gasteiger charge is 1.85. The lowest BCUT2D eigenvalue weighted by Crippen LogP contribution is -1.89. The van der Waals surface area contributed by atoms with Crippen LogP contribution in [0.1, 0.15) is 14.9 Å². The zero-order valence-corrected chi connectivity index (χ0v) is 6.37. The topological polar surface area (TPSA) is 181 Å². The van der Waals surface area contributed by atoms with Gasteiger partial charge in [0.25, 0.3) is 0 Å². The average molecular weight is 246 g/mol. The van der Waals surface area contributed by atoms with Gasteiger partial charge in [-0.3, -0.25) is 18.2 Å². The van der Waals surface area contributed by atoms with Gasteiger partial charge in [0.1, 0.15) is 0 Å². The zero-order chi connectivity index (χ0) is 9.00. The SMILES string of the molecule is C.C.O.O=S(=O)(O)O.O=S(=O)(O)O. The van der Waals surface area contributed by atoms with E-state index in [4.69, 9.17) is 35.0 Å². The summed E-state index contributed by atoms with van der Waals surface area (Å²) >= 11 is 0. The second-order valence-corrected chi connectivity index (χ2v) is 2.69. The maximum absolute atomic E-state index is 8.74. The summed E-state index contributed by atoms with van der Waals surface area (Å²) in [5.74, 6) is 0. The number of hydrogen-bond acceptors (Lipinski definition) is 4. The summed E-state index contributed by atoms with van der Waals surface area (Å²) in [6.07, 6.45) is 0. The third-order valence-corrected chi connectivity index (χ3v) is 0. The van der Waals surface area contributed by atoms with E-state index in [0.717, 1.165) is 0 Å². The van der Waals surface area contributed by atoms with Crippen LogP contribution in [0.2, 0.25) is 0 Å². The van der Waals surface area contributed by atoms with Gasteiger partial charge in [0.2, 0.25) is 0 Å². The molecule has 0 aliphatic rings. The highest BCUT2D eigenvalue weighted by molar-refractivity contribution is 7.80. The second-order valence-electron chi connectivity index (χ2n) is 0.896. The summed E-state index contributed by atoms with van der Waals surface area (Å²) in [4.78, 5) is 0. The minimum absolute atomic E-state index is 0. The lowest BCUT2D eigenvalue weighted by Gasteiger charge is -1.68. The predicted octanol–water partition coefficient (Wildman–Crippen LogP) is -0.858. The molecule has 0 unspecified atom stereocenters. The van der Waals surface area contributed by atoms with Crippen LogP contribution in [-0.2, 0) is 20.8 Å². The number of rotatable bonds is 0. The van der Waals surface area contributed by atoms with E-state index in [-0.39, 0.29) is 20.3 Å². The Morgan fingerprint density at radius 2 is 0.615 bits per heavy atom. The molecule has 0 aliphatic carbocycles. The first kappa shape index (κ1) is 29.3. The van der Waals surface area contributed by atoms with E-state index in [1.54, 1.807) is 0 Å². The Balaban J connectivity index is -0.0000000267. The summed E-state index contributed by atoms with van der Waals surface area (Å²) in [6, 6.07) is 0. The van der Waals surface area contributed by atoms with Crippen molar-refractivity contribution in [2.24, 2.45) is 0 Å². The average Bonchev–Trinajstić information content (AvgIpc) is 1.12. The molecule has 0 aromatic heterocycles. The van der Waals surface area contributed by atoms with Crippen LogP contribution in [0.3, 0.4) is 0 Å². The molecule has 13 heavy (non-hydrogen) atoms. The molecule has 0 spiro atoms. The molecule has 0 saturated heterocycles. The largest absolute Gasteiger partial charge is 0.412 e. The van der Waals surface area contributed by atoms with E-state index in [0.29, 0.717) is 0 Å². The van der Waals surface area contributed by atoms with Crippen molar-refractivity contribution in [3.8, 4) is 0 Å². The standard InChI is InChI=1S/2CH4.2H2O4S.H2O/c;;2*1-5(2,3)4;/h2*1H4;2*(H2,1,2,3,4);1H2. The summed E-state index contributed by atoms with van der Waals surface area (Å²) in [5, 5.41) is 0. The maximum Gasteiger partial charge on any atom is 0.394 e. The summed E-state index contributed by atoms with van der Waals surface area (Å²) < 4.78 is 63.2. The van der Waals surface area contributed by atoms with E-state index >= 15 is 0 Å². The Morgan fingerprint density at radius 3 is 0.615 bits per heavy atom. The van der Waals surface area contributed by atoms with E-state index in [1.165, 1.54) is 0 Å². The Hall–Kier alpha value is -0.300. The second kappa shape index (κ2) is 9.79. The Labute approximate surface area is 76.9 Å². The molecule has 0 amide bonds. The Bertz CT molecular complexity index is 212. The third-order valence-electron chi connectivity index (χ3n) is 0. The molecule has 0 fully saturated rings. The van der Waals surface area contributed by atoms with Crippen LogP contribution < -0.4 is 0 Å². The number of hydrogen-bond donors (Lipinski definition) is 4. The molecule has 11 heteroatoms. The normalized spacial score (nSPS) is 8.92. The summed E-state index contributed by atoms with van der Waals surface area (Å²) in [5.41, 5.74) is 0. The molecule has 0 heterocycles. The smallest absolute Gasteiger partial charge is 0.394 e. The van der Waals surface area contributed by atoms with Crippen LogP contribution in [0.4, 0.5) is 0 Å². The molecule has 0 atom stereocenters. The Morgan fingerprint density at radius 1 is 0.615 bits per heavy atom. The van der Waals surface area contributed by atoms with Crippen LogP contribution in [0, 0.1) is 0 Å². The molecule has 9 nitrogen and oxygen atoms in total. The van der Waals surface area contributed by atoms with Crippen LogP contribution >= 0.6 is 0 Å². The molecular weight excluding hydrogens is 232 g/mol. The summed E-state index contributed by atoms with van der Waals surface area (Å²) in [6.45, 7) is 0. The van der Waals surface area contributed by atoms with Gasteiger partial charge < -0.3 is 5.48 Å². The van der Waals surface area contributed by atoms with Crippen molar-refractivity contribution in [1.82, 2.24) is 0 Å². The molecular formula is C2H14O9S2. The van der Waals surface area contributed by atoms with Crippen molar-refractivity contribution in [3.05, 3.63) is 0 Å². The molecule has 0 rings (SSSR count). The van der Waals surface area contributed by atoms with Crippen LogP contribution in [-0.4, -0.2) is 40.5 Å². The minimum Gasteiger partial charge on any atom is -0.412 e. The monoisotopic (exact) mass is 246 g/mol. The molecule has 0 aliphatic heterocycles. The summed E-state index contributed by atoms with van der Waals surface area (Å²) in [7, 11) is -9.33. The first-order chi connectivity index (χ1) is 4.00. The van der Waals surface area contributed by atoms with Gasteiger partial charge in [0.05, 0.1) is 0 Å². The van der Waals surface area contributed by atoms with Crippen molar-refractivity contribution in [1.29, 1.82) is 0 Å². The van der Waals surface area contributed by atoms with Crippen molar-refractivity contribution < 1.29 is 40.5 Å². The van der Waals surface area contributed by atoms with Crippen molar-refractivity contribution in [2.45, 2.75) is 14.9 Å². The van der Waals surface area contributed by atoms with Crippen LogP contribution in [0.25, 0.3) is 0 Å². The molecule has 0 aromatic carbocycles. The fourth-order valence-electron chi connectivity index (χ4n) is 0. The zero-order valence-electron chi connectivity index (χ0n) is 4.74. The van der Waals surface area contributed by atoms with Gasteiger partial charge in [-0.05, 0) is 0 Å². The first-order valence-corrected chi connectivity index (χ1v) is 4.19. The van der Waals surface area contributed by atoms with Crippen LogP contribution in [0.5, 0.6) is 0 Å². The van der Waals surface area contributed by atoms with Gasteiger partial charge in [0, 0.05) is 0 Å². The predicted molar refractivity (Wildman–Crippen MR) is 45.4 cm³/mol. The van der Waals surface area contributed by atoms with Crippen LogP contribution in [0.15, 0.2) is 0 Å². The lowest BCUT2D eigenvalue weighted by molar-refractivity contribution is 0.378. The molecule has 88 valence electrons. The van der Waals surface area contributed by atoms with Crippen molar-refractivity contribution in [3.63, 3.8) is 0 Å². The third kappa shape index (κ3) is 12200. The van der Waals surface area contributed by atoms with Gasteiger partial charge in [0.15, 0.2) is 0 Å². The molecule has 0 aromatic rings. The first-order valence-electron chi connectivity index (χ1n) is 1.40. The highest BCUT2D eigenvalue weighted by Crippen LogP contribution is 1.59. The van der Waals surface area contributed by atoms with E-state index < -0.39 is 20.8 Å². The van der Waals surface area contributed by atoms with Gasteiger partial charge in [-0.1, -0.05) is 14.9 Å². The van der Waals surface area contributed by atoms with Crippen molar-refractivity contribution >= 4 is 20.8 Å². The maximum atomic E-state index is 8.74. The Kier molecular flexibility index (Phi) is 22.1. The molecule has 6 N–H and O–H groups in total. The van der Waals surface area contributed by atoms with Gasteiger partial charge >= 0.3 is 20.8 Å². The van der Waals surface area contributed by atoms with Gasteiger partial charge in [-0.2, -0.15) is 16.8 Å². The molecule has 0 radical (unpaired) electrons. The van der Waals surface area contributed by atoms with Crippen molar-refractivity contribution in [2.75, 3.05) is 0 Å². The van der Waals surface area contributed by atoms with E-state index in [2.05, 4.69) is 0 Å². The van der Waals surface area contributed by atoms with E-state index in [9.17, 15) is 0 Å². The fraction of sp³-hybridized carbons (Fsp3) is 1.00. The highest BCUT2D eigenvalue weighted by atomic mass is 32.3. The van der Waals surface area contributed by atoms with Gasteiger partial charge in [-0.25, -0.2) is 0 Å². The minimum atomic E-state index is -4.67. The molecule has 0 bridgehead atoms. The van der Waals surface area contributed by atoms with E-state index in [1.807, 2.05) is 0 Å². The fourth-order valence-corrected chi connectivity index (χ4v) is 0. The van der Waals surface area contributed by atoms with Gasteiger partial charge in [-0.15, -0.1) is 0 Å². The quantitative estimate of drug-likeness (QED) is 0.398. The lowest BCUT2D eigenvalue weighted by atomic mass is 12.0.